The van der Waals surface area contributed by atoms with E-state index in [0.29, 0.717) is 43.6 Å². The standard InChI is InChI=1S/C20H18F4N4O2.ClH/c1-12-5-6-15-18(26-14-4-2-3-13(17(14)21)20(22,23)24)25-11-16(28(12)15)19(29)27-7-9-30-10-8-27;/h2-6,11H,7-10H2,1H3,(H,25,26);1H. The van der Waals surface area contributed by atoms with E-state index < -0.39 is 17.6 Å². The molecule has 0 aliphatic carbocycles. The van der Waals surface area contributed by atoms with Gasteiger partial charge in [-0.2, -0.15) is 13.2 Å². The number of aryl methyl sites for hydroxylation is 1. The number of nitrogens with one attached hydrogen (secondary N) is 1. The number of benzene rings is 1. The van der Waals surface area contributed by atoms with Crippen molar-refractivity contribution < 1.29 is 27.1 Å². The van der Waals surface area contributed by atoms with Crippen LogP contribution in [0, 0.1) is 12.7 Å². The van der Waals surface area contributed by atoms with Crippen molar-refractivity contribution in [2.24, 2.45) is 0 Å². The number of hydrogen-bond acceptors (Lipinski definition) is 4. The summed E-state index contributed by atoms with van der Waals surface area (Å²) < 4.78 is 60.4. The van der Waals surface area contributed by atoms with Crippen LogP contribution in [0.4, 0.5) is 29.1 Å². The van der Waals surface area contributed by atoms with E-state index in [1.54, 1.807) is 28.4 Å². The monoisotopic (exact) mass is 458 g/mol. The van der Waals surface area contributed by atoms with Gasteiger partial charge in [-0.05, 0) is 31.2 Å². The van der Waals surface area contributed by atoms with Gasteiger partial charge in [0.15, 0.2) is 11.6 Å². The number of anilines is 2. The highest BCUT2D eigenvalue weighted by molar-refractivity contribution is 5.94. The van der Waals surface area contributed by atoms with E-state index in [2.05, 4.69) is 10.3 Å². The van der Waals surface area contributed by atoms with E-state index in [-0.39, 0.29) is 29.8 Å². The van der Waals surface area contributed by atoms with E-state index in [1.807, 2.05) is 0 Å². The molecule has 0 bridgehead atoms. The van der Waals surface area contributed by atoms with Gasteiger partial charge >= 0.3 is 6.18 Å². The first kappa shape index (κ1) is 22.8. The molecule has 0 atom stereocenters. The number of carbonyl (C=O) groups excluding carboxylic acids is 1. The number of hydrogen-bond donors (Lipinski definition) is 1. The van der Waals surface area contributed by atoms with Crippen molar-refractivity contribution in [2.45, 2.75) is 13.1 Å². The van der Waals surface area contributed by atoms with E-state index in [4.69, 9.17) is 4.74 Å². The van der Waals surface area contributed by atoms with E-state index in [0.717, 1.165) is 11.8 Å². The lowest BCUT2D eigenvalue weighted by Crippen LogP contribution is -2.41. The van der Waals surface area contributed by atoms with Crippen LogP contribution in [-0.4, -0.2) is 46.5 Å². The molecule has 3 heterocycles. The lowest BCUT2D eigenvalue weighted by molar-refractivity contribution is -0.139. The lowest BCUT2D eigenvalue weighted by Gasteiger charge is -2.27. The van der Waals surface area contributed by atoms with Crippen molar-refractivity contribution in [3.8, 4) is 0 Å². The predicted molar refractivity (Wildman–Crippen MR) is 109 cm³/mol. The normalized spacial score (nSPS) is 14.4. The smallest absolute Gasteiger partial charge is 0.378 e. The third kappa shape index (κ3) is 4.31. The molecule has 0 radical (unpaired) electrons. The fraction of sp³-hybridized carbons (Fsp3) is 0.300. The lowest BCUT2D eigenvalue weighted by atomic mass is 10.1. The number of alkyl halides is 3. The molecule has 6 nitrogen and oxygen atoms in total. The van der Waals surface area contributed by atoms with Crippen LogP contribution >= 0.6 is 12.4 Å². The summed E-state index contributed by atoms with van der Waals surface area (Å²) in [6.07, 6.45) is -3.48. The van der Waals surface area contributed by atoms with E-state index in [1.165, 1.54) is 12.3 Å². The van der Waals surface area contributed by atoms with Crippen molar-refractivity contribution in [3.05, 3.63) is 59.3 Å². The average Bonchev–Trinajstić information content (AvgIpc) is 3.11. The number of halogens is 5. The molecule has 0 saturated carbocycles. The van der Waals surface area contributed by atoms with Gasteiger partial charge in [-0.15, -0.1) is 12.4 Å². The maximum atomic E-state index is 14.4. The number of rotatable bonds is 3. The minimum Gasteiger partial charge on any atom is -0.378 e. The minimum absolute atomic E-state index is 0. The van der Waals surface area contributed by atoms with Gasteiger partial charge in [-0.25, -0.2) is 9.37 Å². The number of fused-ring (bicyclic) bond motifs is 1. The van der Waals surface area contributed by atoms with Crippen LogP contribution in [0.3, 0.4) is 0 Å². The zero-order valence-electron chi connectivity index (χ0n) is 16.4. The molecule has 1 amide bonds. The van der Waals surface area contributed by atoms with Crippen LogP contribution in [0.15, 0.2) is 36.5 Å². The molecule has 1 aliphatic rings. The Hall–Kier alpha value is -2.85. The van der Waals surface area contributed by atoms with Gasteiger partial charge in [0.25, 0.3) is 5.91 Å². The maximum Gasteiger partial charge on any atom is 0.419 e. The first-order valence-corrected chi connectivity index (χ1v) is 9.24. The van der Waals surface area contributed by atoms with Crippen molar-refractivity contribution in [2.75, 3.05) is 31.6 Å². The second kappa shape index (κ2) is 8.72. The summed E-state index contributed by atoms with van der Waals surface area (Å²) in [6, 6.07) is 6.42. The van der Waals surface area contributed by atoms with Crippen molar-refractivity contribution in [1.29, 1.82) is 0 Å². The molecule has 1 aliphatic heterocycles. The highest BCUT2D eigenvalue weighted by Gasteiger charge is 2.35. The van der Waals surface area contributed by atoms with Crippen LogP contribution in [0.1, 0.15) is 21.7 Å². The van der Waals surface area contributed by atoms with Crippen LogP contribution in [-0.2, 0) is 10.9 Å². The average molecular weight is 459 g/mol. The Kier molecular flexibility index (Phi) is 6.42. The molecule has 1 N–H and O–H groups in total. The summed E-state index contributed by atoms with van der Waals surface area (Å²) in [5, 5.41) is 2.63. The molecule has 166 valence electrons. The number of nitrogens with zero attached hydrogens (tertiary/aromatic N) is 3. The van der Waals surface area contributed by atoms with Crippen LogP contribution in [0.2, 0.25) is 0 Å². The van der Waals surface area contributed by atoms with Gasteiger partial charge < -0.3 is 19.4 Å². The quantitative estimate of drug-likeness (QED) is 0.590. The first-order valence-electron chi connectivity index (χ1n) is 9.24. The van der Waals surface area contributed by atoms with E-state index >= 15 is 0 Å². The summed E-state index contributed by atoms with van der Waals surface area (Å²) in [6.45, 7) is 3.59. The van der Waals surface area contributed by atoms with Gasteiger partial charge in [0.05, 0.1) is 36.2 Å². The molecular weight excluding hydrogens is 440 g/mol. The SMILES string of the molecule is Cc1ccc2c(Nc3cccc(C(F)(F)F)c3F)ncc(C(=O)N3CCOCC3)n12.Cl. The molecule has 11 heteroatoms. The van der Waals surface area contributed by atoms with Crippen molar-refractivity contribution in [3.63, 3.8) is 0 Å². The Labute approximate surface area is 181 Å². The summed E-state index contributed by atoms with van der Waals surface area (Å²) in [4.78, 5) is 18.8. The van der Waals surface area contributed by atoms with Crippen LogP contribution in [0.5, 0.6) is 0 Å². The minimum atomic E-state index is -4.81. The molecule has 1 saturated heterocycles. The first-order chi connectivity index (χ1) is 14.3. The van der Waals surface area contributed by atoms with Crippen LogP contribution < -0.4 is 5.32 Å². The molecule has 0 spiro atoms. The largest absolute Gasteiger partial charge is 0.419 e. The summed E-state index contributed by atoms with van der Waals surface area (Å²) >= 11 is 0. The molecule has 3 aromatic rings. The van der Waals surface area contributed by atoms with Gasteiger partial charge in [0.2, 0.25) is 0 Å². The van der Waals surface area contributed by atoms with Crippen molar-refractivity contribution in [1.82, 2.24) is 14.3 Å². The van der Waals surface area contributed by atoms with Crippen molar-refractivity contribution >= 4 is 35.3 Å². The Balaban J connectivity index is 0.00000272. The second-order valence-corrected chi connectivity index (χ2v) is 6.88. The molecular formula is C20H19ClF4N4O2. The van der Waals surface area contributed by atoms with Gasteiger partial charge in [0, 0.05) is 18.8 Å². The third-order valence-electron chi connectivity index (χ3n) is 4.95. The van der Waals surface area contributed by atoms with Gasteiger partial charge in [0.1, 0.15) is 5.69 Å². The number of ether oxygens (including phenoxy) is 1. The summed E-state index contributed by atoms with van der Waals surface area (Å²) in [7, 11) is 0. The maximum absolute atomic E-state index is 14.4. The molecule has 0 unspecified atom stereocenters. The fourth-order valence-electron chi connectivity index (χ4n) is 3.44. The number of aromatic nitrogens is 2. The molecule has 1 fully saturated rings. The fourth-order valence-corrected chi connectivity index (χ4v) is 3.44. The second-order valence-electron chi connectivity index (χ2n) is 6.88. The molecule has 2 aromatic heterocycles. The Morgan fingerprint density at radius 2 is 1.87 bits per heavy atom. The highest BCUT2D eigenvalue weighted by atomic mass is 35.5. The molecule has 1 aromatic carbocycles. The zero-order chi connectivity index (χ0) is 21.5. The summed E-state index contributed by atoms with van der Waals surface area (Å²) in [5.74, 6) is -1.51. The Morgan fingerprint density at radius 3 is 2.55 bits per heavy atom. The van der Waals surface area contributed by atoms with Gasteiger partial charge in [-0.3, -0.25) is 4.79 Å². The Bertz CT molecular complexity index is 1110. The van der Waals surface area contributed by atoms with Crippen LogP contribution in [0.25, 0.3) is 5.52 Å². The third-order valence-corrected chi connectivity index (χ3v) is 4.95. The molecule has 31 heavy (non-hydrogen) atoms. The number of morpholine rings is 1. The predicted octanol–water partition coefficient (Wildman–Crippen LogP) is 4.44. The topological polar surface area (TPSA) is 58.9 Å². The zero-order valence-corrected chi connectivity index (χ0v) is 17.2. The Morgan fingerprint density at radius 1 is 1.16 bits per heavy atom. The number of carbonyl (C=O) groups is 1. The van der Waals surface area contributed by atoms with Gasteiger partial charge in [-0.1, -0.05) is 6.07 Å². The summed E-state index contributed by atoms with van der Waals surface area (Å²) in [5.41, 5.74) is -0.232. The highest BCUT2D eigenvalue weighted by Crippen LogP contribution is 2.35. The molecule has 4 rings (SSSR count). The van der Waals surface area contributed by atoms with E-state index in [9.17, 15) is 22.4 Å². The number of amides is 1.